The fraction of sp³-hybridized carbons (Fsp3) is 0.100. The first-order valence-corrected chi connectivity index (χ1v) is 9.94. The van der Waals surface area contributed by atoms with E-state index in [9.17, 15) is 8.78 Å². The monoisotopic (exact) mass is 437 g/mol. The van der Waals surface area contributed by atoms with Crippen molar-refractivity contribution in [2.45, 2.75) is 13.5 Å². The van der Waals surface area contributed by atoms with Gasteiger partial charge in [0.15, 0.2) is 22.7 Å². The lowest BCUT2D eigenvalue weighted by Gasteiger charge is -2.06. The molecule has 5 aromatic rings. The highest BCUT2D eigenvalue weighted by Crippen LogP contribution is 2.33. The predicted octanol–water partition coefficient (Wildman–Crippen LogP) is 4.10. The van der Waals surface area contributed by atoms with Gasteiger partial charge in [-0.15, -0.1) is 11.3 Å². The second-order valence-electron chi connectivity index (χ2n) is 6.49. The Morgan fingerprint density at radius 3 is 2.61 bits per heavy atom. The average molecular weight is 437 g/mol. The summed E-state index contributed by atoms with van der Waals surface area (Å²) in [6.45, 7) is 2.06. The quantitative estimate of drug-likeness (QED) is 0.442. The number of nitrogens with one attached hydrogen (secondary N) is 1. The number of H-pyrrole nitrogens is 1. The van der Waals surface area contributed by atoms with Gasteiger partial charge in [0.25, 0.3) is 0 Å². The molecule has 1 N–H and O–H groups in total. The summed E-state index contributed by atoms with van der Waals surface area (Å²) in [5, 5.41) is 10.3. The van der Waals surface area contributed by atoms with Crippen LogP contribution in [0.4, 0.5) is 8.78 Å². The van der Waals surface area contributed by atoms with Gasteiger partial charge in [0.1, 0.15) is 11.6 Å². The molecule has 0 spiro atoms. The minimum Gasteiger partial charge on any atom is -0.456 e. The number of aromatic amines is 1. The van der Waals surface area contributed by atoms with Gasteiger partial charge in [-0.05, 0) is 31.2 Å². The average Bonchev–Trinajstić information content (AvgIpc) is 3.43. The van der Waals surface area contributed by atoms with Crippen LogP contribution in [0.3, 0.4) is 0 Å². The van der Waals surface area contributed by atoms with Crippen LogP contribution >= 0.6 is 11.3 Å². The Kier molecular flexibility index (Phi) is 4.79. The summed E-state index contributed by atoms with van der Waals surface area (Å²) in [6, 6.07) is 8.17. The maximum atomic E-state index is 14.9. The van der Waals surface area contributed by atoms with Gasteiger partial charge in [0.2, 0.25) is 0 Å². The lowest BCUT2D eigenvalue weighted by atomic mass is 10.1. The molecule has 4 aromatic heterocycles. The normalized spacial score (nSPS) is 11.2. The van der Waals surface area contributed by atoms with Crippen molar-refractivity contribution in [1.29, 1.82) is 0 Å². The molecule has 4 heterocycles. The summed E-state index contributed by atoms with van der Waals surface area (Å²) in [5.74, 6) is -1.36. The van der Waals surface area contributed by atoms with Crippen LogP contribution in [-0.2, 0) is 6.61 Å². The predicted molar refractivity (Wildman–Crippen MR) is 109 cm³/mol. The van der Waals surface area contributed by atoms with Gasteiger partial charge in [-0.3, -0.25) is 0 Å². The Balaban J connectivity index is 1.47. The van der Waals surface area contributed by atoms with Gasteiger partial charge in [-0.25, -0.2) is 28.7 Å². The summed E-state index contributed by atoms with van der Waals surface area (Å²) in [7, 11) is 0. The first kappa shape index (κ1) is 19.1. The number of nitrogens with zero attached hydrogens (tertiary/aromatic N) is 6. The van der Waals surface area contributed by atoms with E-state index in [4.69, 9.17) is 4.74 Å². The molecular formula is C20H13F2N7OS. The van der Waals surface area contributed by atoms with E-state index in [-0.39, 0.29) is 34.9 Å². The number of ether oxygens (including phenoxy) is 1. The zero-order chi connectivity index (χ0) is 21.4. The molecule has 0 aliphatic carbocycles. The molecule has 0 bridgehead atoms. The van der Waals surface area contributed by atoms with E-state index in [1.807, 2.05) is 6.92 Å². The number of aryl methyl sites for hydroxylation is 1. The molecule has 154 valence electrons. The van der Waals surface area contributed by atoms with Gasteiger partial charge < -0.3 is 4.74 Å². The molecule has 31 heavy (non-hydrogen) atoms. The summed E-state index contributed by atoms with van der Waals surface area (Å²) < 4.78 is 34.7. The maximum Gasteiger partial charge on any atom is 0.316 e. The van der Waals surface area contributed by atoms with Crippen LogP contribution < -0.4 is 4.74 Å². The molecule has 0 radical (unpaired) electrons. The lowest BCUT2D eigenvalue weighted by Crippen LogP contribution is -1.98. The summed E-state index contributed by atoms with van der Waals surface area (Å²) in [6.07, 6.45) is 3.18. The van der Waals surface area contributed by atoms with Crippen LogP contribution in [0.15, 0.2) is 42.7 Å². The Morgan fingerprint density at radius 2 is 1.77 bits per heavy atom. The summed E-state index contributed by atoms with van der Waals surface area (Å²) in [5.41, 5.74) is 1.31. The van der Waals surface area contributed by atoms with E-state index in [1.165, 1.54) is 11.3 Å². The molecule has 0 aliphatic heterocycles. The van der Waals surface area contributed by atoms with Crippen molar-refractivity contribution < 1.29 is 13.5 Å². The topological polar surface area (TPSA) is 102 Å². The van der Waals surface area contributed by atoms with E-state index < -0.39 is 11.6 Å². The molecule has 0 aliphatic rings. The number of hydrogen-bond donors (Lipinski definition) is 1. The second-order valence-corrected chi connectivity index (χ2v) is 7.57. The lowest BCUT2D eigenvalue weighted by molar-refractivity contribution is 0.280. The molecule has 0 saturated carbocycles. The van der Waals surface area contributed by atoms with E-state index in [0.717, 1.165) is 16.6 Å². The molecule has 0 fully saturated rings. The largest absolute Gasteiger partial charge is 0.456 e. The summed E-state index contributed by atoms with van der Waals surface area (Å²) in [4.78, 5) is 17.9. The molecule has 5 rings (SSSR count). The third-order valence-corrected chi connectivity index (χ3v) is 5.61. The minimum atomic E-state index is -0.687. The number of benzene rings is 1. The van der Waals surface area contributed by atoms with E-state index >= 15 is 0 Å². The standard InChI is InChI=1S/C20H13F2N7OS/c1-10-19(31-15(25-10)9-30-20-23-6-3-7-24-20)14-5-2-4-13(26-14)11-8-12(21)17-18(16(11)22)28-29-27-17/h2-8H,9H2,1H3,(H,27,28,29). The number of hydrogen-bond acceptors (Lipinski definition) is 8. The zero-order valence-corrected chi connectivity index (χ0v) is 16.8. The van der Waals surface area contributed by atoms with Crippen molar-refractivity contribution in [3.05, 3.63) is 65.1 Å². The Bertz CT molecular complexity index is 1390. The molecular weight excluding hydrogens is 424 g/mol. The summed E-state index contributed by atoms with van der Waals surface area (Å²) >= 11 is 1.40. The molecule has 0 unspecified atom stereocenters. The molecule has 0 amide bonds. The van der Waals surface area contributed by atoms with Crippen LogP contribution in [0.1, 0.15) is 10.7 Å². The Hall–Kier alpha value is -3.86. The number of halogens is 2. The first-order valence-electron chi connectivity index (χ1n) is 9.12. The van der Waals surface area contributed by atoms with Crippen LogP contribution in [0, 0.1) is 18.6 Å². The van der Waals surface area contributed by atoms with Crippen LogP contribution in [0.5, 0.6) is 6.01 Å². The van der Waals surface area contributed by atoms with Gasteiger partial charge in [-0.2, -0.15) is 15.4 Å². The highest BCUT2D eigenvalue weighted by Gasteiger charge is 2.19. The van der Waals surface area contributed by atoms with Crippen molar-refractivity contribution in [3.8, 4) is 27.8 Å². The Morgan fingerprint density at radius 1 is 1.00 bits per heavy atom. The van der Waals surface area contributed by atoms with Gasteiger partial charge >= 0.3 is 6.01 Å². The number of fused-ring (bicyclic) bond motifs is 1. The fourth-order valence-electron chi connectivity index (χ4n) is 3.07. The Labute approximate surface area is 178 Å². The SMILES string of the molecule is Cc1nc(COc2ncccn2)sc1-c1cccc(-c2cc(F)c3n[nH]nc3c2F)n1. The molecule has 0 atom stereocenters. The number of thiazole rings is 1. The molecule has 11 heteroatoms. The van der Waals surface area contributed by atoms with E-state index in [1.54, 1.807) is 36.7 Å². The zero-order valence-electron chi connectivity index (χ0n) is 16.0. The van der Waals surface area contributed by atoms with Crippen molar-refractivity contribution in [1.82, 2.24) is 35.3 Å². The number of rotatable bonds is 5. The third-order valence-electron chi connectivity index (χ3n) is 4.45. The van der Waals surface area contributed by atoms with Crippen molar-refractivity contribution in [2.24, 2.45) is 0 Å². The highest BCUT2D eigenvalue weighted by atomic mass is 32.1. The fourth-order valence-corrected chi connectivity index (χ4v) is 4.02. The van der Waals surface area contributed by atoms with E-state index in [0.29, 0.717) is 10.7 Å². The third kappa shape index (κ3) is 3.59. The first-order chi connectivity index (χ1) is 15.1. The highest BCUT2D eigenvalue weighted by molar-refractivity contribution is 7.15. The van der Waals surface area contributed by atoms with Gasteiger partial charge in [0, 0.05) is 18.0 Å². The van der Waals surface area contributed by atoms with Crippen LogP contribution in [0.25, 0.3) is 32.9 Å². The van der Waals surface area contributed by atoms with Crippen LogP contribution in [0.2, 0.25) is 0 Å². The minimum absolute atomic E-state index is 0.00713. The smallest absolute Gasteiger partial charge is 0.316 e. The van der Waals surface area contributed by atoms with Crippen molar-refractivity contribution in [3.63, 3.8) is 0 Å². The number of pyridine rings is 1. The second kappa shape index (κ2) is 7.76. The molecule has 0 saturated heterocycles. The van der Waals surface area contributed by atoms with Gasteiger partial charge in [0.05, 0.1) is 22.0 Å². The van der Waals surface area contributed by atoms with Crippen molar-refractivity contribution in [2.75, 3.05) is 0 Å². The van der Waals surface area contributed by atoms with Crippen LogP contribution in [-0.4, -0.2) is 35.3 Å². The van der Waals surface area contributed by atoms with E-state index in [2.05, 4.69) is 35.3 Å². The van der Waals surface area contributed by atoms with Crippen molar-refractivity contribution >= 4 is 22.4 Å². The van der Waals surface area contributed by atoms with Gasteiger partial charge in [-0.1, -0.05) is 6.07 Å². The maximum absolute atomic E-state index is 14.9. The number of aromatic nitrogens is 7. The molecule has 8 nitrogen and oxygen atoms in total. The molecule has 1 aromatic carbocycles.